The molecule has 2 heterocycles. The lowest BCUT2D eigenvalue weighted by molar-refractivity contribution is -0.198. The van der Waals surface area contributed by atoms with Crippen molar-refractivity contribution in [1.29, 1.82) is 10.5 Å². The Balaban J connectivity index is 1.06. The number of carbonyl (C=O) groups is 2. The molecule has 1 atom stereocenters. The van der Waals surface area contributed by atoms with Crippen molar-refractivity contribution in [3.05, 3.63) is 107 Å². The third-order valence-corrected chi connectivity index (χ3v) is 9.49. The van der Waals surface area contributed by atoms with Crippen LogP contribution in [0.1, 0.15) is 54.4 Å². The highest BCUT2D eigenvalue weighted by atomic mass is 19.1. The summed E-state index contributed by atoms with van der Waals surface area (Å²) in [5.74, 6) is -0.917. The molecule has 2 saturated heterocycles. The van der Waals surface area contributed by atoms with E-state index < -0.39 is 24.1 Å². The number of benzene rings is 4. The van der Waals surface area contributed by atoms with Crippen molar-refractivity contribution in [2.75, 3.05) is 31.7 Å². The average Bonchev–Trinajstić information content (AvgIpc) is 3.21. The van der Waals surface area contributed by atoms with Crippen LogP contribution in [-0.4, -0.2) is 56.3 Å². The van der Waals surface area contributed by atoms with E-state index in [2.05, 4.69) is 16.9 Å². The molecule has 6 rings (SSSR count). The quantitative estimate of drug-likeness (QED) is 0.107. The van der Waals surface area contributed by atoms with E-state index in [-0.39, 0.29) is 29.7 Å². The van der Waals surface area contributed by atoms with E-state index in [0.29, 0.717) is 66.0 Å². The molecule has 13 heteroatoms. The number of phenolic OH excluding ortho intramolecular Hbond substituents is 1. The zero-order chi connectivity index (χ0) is 38.7. The molecule has 0 aliphatic carbocycles. The van der Waals surface area contributed by atoms with E-state index in [4.69, 9.17) is 19.0 Å². The summed E-state index contributed by atoms with van der Waals surface area (Å²) in [6.45, 7) is 1.85. The van der Waals surface area contributed by atoms with E-state index >= 15 is 0 Å². The van der Waals surface area contributed by atoms with Crippen molar-refractivity contribution in [2.45, 2.75) is 51.0 Å². The Bertz CT molecular complexity index is 2130. The average molecular weight is 746 g/mol. The molecule has 2 amide bonds. The number of phenols is 1. The number of nitrogens with zero attached hydrogens (tertiary/aromatic N) is 3. The Morgan fingerprint density at radius 2 is 1.76 bits per heavy atom. The number of rotatable bonds is 11. The van der Waals surface area contributed by atoms with Crippen LogP contribution in [0.4, 0.5) is 14.9 Å². The van der Waals surface area contributed by atoms with Gasteiger partial charge in [0.25, 0.3) is 5.91 Å². The number of halogens is 1. The predicted molar refractivity (Wildman–Crippen MR) is 202 cm³/mol. The Morgan fingerprint density at radius 3 is 2.44 bits per heavy atom. The Kier molecular flexibility index (Phi) is 12.6. The minimum Gasteiger partial charge on any atom is -0.504 e. The fourth-order valence-corrected chi connectivity index (χ4v) is 6.59. The third-order valence-electron chi connectivity index (χ3n) is 9.49. The summed E-state index contributed by atoms with van der Waals surface area (Å²) >= 11 is 0. The molecule has 4 aromatic carbocycles. The van der Waals surface area contributed by atoms with E-state index in [1.165, 1.54) is 31.4 Å². The van der Waals surface area contributed by atoms with Crippen LogP contribution in [-0.2, 0) is 25.7 Å². The van der Waals surface area contributed by atoms with Gasteiger partial charge in [0.1, 0.15) is 24.1 Å². The fraction of sp³-hybridized carbons (Fsp3) is 0.286. The van der Waals surface area contributed by atoms with Crippen LogP contribution >= 0.6 is 0 Å². The molecule has 55 heavy (non-hydrogen) atoms. The first kappa shape index (κ1) is 38.3. The van der Waals surface area contributed by atoms with Crippen LogP contribution in [0.3, 0.4) is 0 Å². The summed E-state index contributed by atoms with van der Waals surface area (Å²) < 4.78 is 31.3. The Morgan fingerprint density at radius 1 is 0.982 bits per heavy atom. The van der Waals surface area contributed by atoms with Crippen molar-refractivity contribution in [3.63, 3.8) is 0 Å². The highest BCUT2D eigenvalue weighted by molar-refractivity contribution is 5.92. The molecular formula is C42H40FN5O7. The van der Waals surface area contributed by atoms with Gasteiger partial charge in [0, 0.05) is 57.1 Å². The number of piperidine rings is 1. The lowest BCUT2D eigenvalue weighted by atomic mass is 9.88. The lowest BCUT2D eigenvalue weighted by Crippen LogP contribution is -2.39. The number of nitrogens with one attached hydrogen (secondary N) is 2. The first-order valence-corrected chi connectivity index (χ1v) is 17.9. The van der Waals surface area contributed by atoms with Crippen molar-refractivity contribution in [2.24, 2.45) is 0 Å². The van der Waals surface area contributed by atoms with E-state index in [1.807, 2.05) is 47.4 Å². The van der Waals surface area contributed by atoms with Gasteiger partial charge in [0.05, 0.1) is 23.9 Å². The van der Waals surface area contributed by atoms with Crippen LogP contribution < -0.4 is 20.4 Å². The first-order valence-electron chi connectivity index (χ1n) is 17.9. The second-order valence-corrected chi connectivity index (χ2v) is 13.1. The molecule has 1 unspecified atom stereocenters. The molecule has 12 nitrogen and oxygen atoms in total. The summed E-state index contributed by atoms with van der Waals surface area (Å²) in [5, 5.41) is 33.1. The number of amides is 2. The maximum Gasteiger partial charge on any atom is 0.407 e. The summed E-state index contributed by atoms with van der Waals surface area (Å²) in [6, 6.07) is 24.2. The number of hydrogen-bond donors (Lipinski definition) is 3. The second kappa shape index (κ2) is 18.1. The van der Waals surface area contributed by atoms with Gasteiger partial charge in [0.2, 0.25) is 0 Å². The van der Waals surface area contributed by atoms with Gasteiger partial charge < -0.3 is 29.5 Å². The molecule has 0 bridgehead atoms. The molecule has 0 radical (unpaired) electrons. The van der Waals surface area contributed by atoms with Crippen molar-refractivity contribution >= 4 is 23.8 Å². The van der Waals surface area contributed by atoms with Crippen LogP contribution in [0.25, 0.3) is 28.3 Å². The Labute approximate surface area is 318 Å². The van der Waals surface area contributed by atoms with E-state index in [9.17, 15) is 29.6 Å². The topological polar surface area (TPSA) is 166 Å². The number of hydrogen-bond acceptors (Lipinski definition) is 10. The van der Waals surface area contributed by atoms with Gasteiger partial charge >= 0.3 is 6.09 Å². The first-order chi connectivity index (χ1) is 26.8. The van der Waals surface area contributed by atoms with Crippen LogP contribution in [0, 0.1) is 28.5 Å². The number of aromatic hydroxyl groups is 1. The number of carbonyl (C=O) groups excluding carboxylic acids is 2. The van der Waals surface area contributed by atoms with Gasteiger partial charge in [-0.15, -0.1) is 0 Å². The minimum atomic E-state index is -0.712. The highest BCUT2D eigenvalue weighted by Crippen LogP contribution is 2.42. The van der Waals surface area contributed by atoms with Crippen molar-refractivity contribution < 1.29 is 38.1 Å². The fourth-order valence-electron chi connectivity index (χ4n) is 6.59. The standard InChI is InChI=1S/C42H40FN5O7/c1-52-38-15-12-29(23-37(38)49)33-13-14-36(34(25-45)41(33)30-10-11-31(24-44)35(43)22-30)48-19-17-32(18-20-48)54-42(51)46-26-28-7-5-27(6-8-28)9-16-39(50)47-55-40-4-2-3-21-53-40/h5-16,22-23,32,40,49H,2-4,17-21,26H2,1H3,(H,46,51)(H,47,50)/b16-9+. The van der Waals surface area contributed by atoms with Gasteiger partial charge in [0.15, 0.2) is 17.8 Å². The molecule has 0 aromatic heterocycles. The smallest absolute Gasteiger partial charge is 0.407 e. The molecule has 2 fully saturated rings. The number of anilines is 1. The zero-order valence-electron chi connectivity index (χ0n) is 30.2. The van der Waals surface area contributed by atoms with Gasteiger partial charge in [-0.25, -0.2) is 19.5 Å². The summed E-state index contributed by atoms with van der Waals surface area (Å²) in [7, 11) is 1.44. The normalized spacial score (nSPS) is 15.9. The van der Waals surface area contributed by atoms with Gasteiger partial charge in [-0.3, -0.25) is 4.79 Å². The number of hydroxylamine groups is 1. The SMILES string of the molecule is COc1ccc(-c2ccc(N3CCC(OC(=O)NCc4ccc(/C=C/C(=O)NOC5CCCCO5)cc4)CC3)c(C#N)c2-c2ccc(C#N)c(F)c2)cc1O. The number of alkyl carbamates (subject to hydrolysis) is 1. The van der Waals surface area contributed by atoms with Gasteiger partial charge in [-0.2, -0.15) is 10.5 Å². The predicted octanol–water partition coefficient (Wildman–Crippen LogP) is 7.10. The second-order valence-electron chi connectivity index (χ2n) is 13.1. The summed E-state index contributed by atoms with van der Waals surface area (Å²) in [6.07, 6.45) is 5.47. The minimum absolute atomic E-state index is 0.0914. The highest BCUT2D eigenvalue weighted by Gasteiger charge is 2.27. The monoisotopic (exact) mass is 745 g/mol. The maximum absolute atomic E-state index is 14.9. The maximum atomic E-state index is 14.9. The lowest BCUT2D eigenvalue weighted by Gasteiger charge is -2.34. The third kappa shape index (κ3) is 9.58. The molecule has 2 aliphatic rings. The number of nitriles is 2. The summed E-state index contributed by atoms with van der Waals surface area (Å²) in [5.41, 5.74) is 6.88. The zero-order valence-corrected chi connectivity index (χ0v) is 30.2. The molecule has 4 aromatic rings. The van der Waals surface area contributed by atoms with E-state index in [0.717, 1.165) is 30.4 Å². The van der Waals surface area contributed by atoms with Crippen molar-refractivity contribution in [1.82, 2.24) is 10.8 Å². The van der Waals surface area contributed by atoms with Crippen LogP contribution in [0.15, 0.2) is 78.9 Å². The summed E-state index contributed by atoms with van der Waals surface area (Å²) in [4.78, 5) is 32.1. The van der Waals surface area contributed by atoms with Gasteiger partial charge in [-0.1, -0.05) is 42.5 Å². The molecule has 0 spiro atoms. The molecule has 2 aliphatic heterocycles. The number of methoxy groups -OCH3 is 1. The van der Waals surface area contributed by atoms with E-state index in [1.54, 1.807) is 24.3 Å². The molecule has 3 N–H and O–H groups in total. The van der Waals surface area contributed by atoms with Crippen LogP contribution in [0.5, 0.6) is 11.5 Å². The van der Waals surface area contributed by atoms with Crippen LogP contribution in [0.2, 0.25) is 0 Å². The number of ether oxygens (including phenoxy) is 3. The molecule has 0 saturated carbocycles. The van der Waals surface area contributed by atoms with Gasteiger partial charge in [-0.05, 0) is 77.1 Å². The molecule has 282 valence electrons. The largest absolute Gasteiger partial charge is 0.504 e. The molecular weight excluding hydrogens is 705 g/mol. The van der Waals surface area contributed by atoms with Crippen molar-refractivity contribution in [3.8, 4) is 45.9 Å². The Hall–Kier alpha value is -6.41.